The fraction of sp³-hybridized carbons (Fsp3) is 0.471. The fourth-order valence-corrected chi connectivity index (χ4v) is 4.42. The van der Waals surface area contributed by atoms with E-state index in [-0.39, 0.29) is 33.2 Å². The van der Waals surface area contributed by atoms with Crippen LogP contribution in [0.15, 0.2) is 48.5 Å². The van der Waals surface area contributed by atoms with E-state index in [4.69, 9.17) is 0 Å². The molecule has 3 aromatic rings. The molecule has 0 amide bonds. The maximum atomic E-state index is 11.1. The molecule has 0 heterocycles. The molecule has 0 unspecified atom stereocenters. The van der Waals surface area contributed by atoms with Crippen molar-refractivity contribution in [2.24, 2.45) is 0 Å². The Hall–Kier alpha value is -3.14. The van der Waals surface area contributed by atoms with E-state index in [1.807, 2.05) is 36.4 Å². The average Bonchev–Trinajstić information content (AvgIpc) is 2.74. The van der Waals surface area contributed by atoms with Crippen LogP contribution in [0.2, 0.25) is 0 Å². The summed E-state index contributed by atoms with van der Waals surface area (Å²) in [6.45, 7) is 25.8. The van der Waals surface area contributed by atoms with Gasteiger partial charge in [-0.2, -0.15) is 0 Å². The number of hydrogen-bond acceptors (Lipinski definition) is 4. The SMILES string of the molecule is CC(C)(C)c1cc(Nc2ccc(Nc3cc(C(C)(C)C)cc(C(C)(C)C)c3O)cc2)c(O)c(C(C)(C)C)c1. The van der Waals surface area contributed by atoms with Gasteiger partial charge < -0.3 is 20.8 Å². The number of nitrogens with one attached hydrogen (secondary N) is 2. The molecule has 0 saturated heterocycles. The Morgan fingerprint density at radius 2 is 0.737 bits per heavy atom. The van der Waals surface area contributed by atoms with E-state index in [0.29, 0.717) is 11.4 Å². The second-order valence-electron chi connectivity index (χ2n) is 14.7. The minimum atomic E-state index is -0.189. The summed E-state index contributed by atoms with van der Waals surface area (Å²) in [5.74, 6) is 0.567. The van der Waals surface area contributed by atoms with Gasteiger partial charge in [-0.25, -0.2) is 0 Å². The van der Waals surface area contributed by atoms with Crippen LogP contribution in [0.4, 0.5) is 22.7 Å². The van der Waals surface area contributed by atoms with Gasteiger partial charge in [0.2, 0.25) is 0 Å². The Morgan fingerprint density at radius 3 is 0.974 bits per heavy atom. The average molecular weight is 517 g/mol. The Balaban J connectivity index is 1.96. The van der Waals surface area contributed by atoms with Gasteiger partial charge in [0.1, 0.15) is 11.5 Å². The second-order valence-corrected chi connectivity index (χ2v) is 14.7. The fourth-order valence-electron chi connectivity index (χ4n) is 4.42. The van der Waals surface area contributed by atoms with E-state index in [1.54, 1.807) is 0 Å². The quantitative estimate of drug-likeness (QED) is 0.261. The van der Waals surface area contributed by atoms with Crippen LogP contribution in [0.1, 0.15) is 105 Å². The molecule has 3 aromatic carbocycles. The molecule has 4 nitrogen and oxygen atoms in total. The summed E-state index contributed by atoms with van der Waals surface area (Å²) in [6.07, 6.45) is 0. The van der Waals surface area contributed by atoms with E-state index >= 15 is 0 Å². The molecule has 4 N–H and O–H groups in total. The van der Waals surface area contributed by atoms with Gasteiger partial charge in [0.15, 0.2) is 0 Å². The number of benzene rings is 3. The topological polar surface area (TPSA) is 64.5 Å². The van der Waals surface area contributed by atoms with Crippen molar-refractivity contribution in [3.8, 4) is 11.5 Å². The molecule has 0 saturated carbocycles. The summed E-state index contributed by atoms with van der Waals surface area (Å²) < 4.78 is 0. The lowest BCUT2D eigenvalue weighted by Crippen LogP contribution is -2.17. The molecule has 4 heteroatoms. The number of anilines is 4. The molecule has 206 valence electrons. The first-order valence-corrected chi connectivity index (χ1v) is 13.6. The van der Waals surface area contributed by atoms with Crippen LogP contribution in [0.25, 0.3) is 0 Å². The number of phenols is 2. The summed E-state index contributed by atoms with van der Waals surface area (Å²) in [5, 5.41) is 29.1. The third-order valence-electron chi connectivity index (χ3n) is 7.01. The van der Waals surface area contributed by atoms with E-state index in [0.717, 1.165) is 22.5 Å². The van der Waals surface area contributed by atoms with Crippen LogP contribution in [0.3, 0.4) is 0 Å². The highest BCUT2D eigenvalue weighted by Crippen LogP contribution is 2.43. The summed E-state index contributed by atoms with van der Waals surface area (Å²) in [5.41, 5.74) is 6.87. The third-order valence-corrected chi connectivity index (χ3v) is 7.01. The van der Waals surface area contributed by atoms with Gasteiger partial charge in [-0.3, -0.25) is 0 Å². The molecule has 0 aromatic heterocycles. The largest absolute Gasteiger partial charge is 0.505 e. The molecule has 0 aliphatic rings. The normalized spacial score (nSPS) is 12.9. The van der Waals surface area contributed by atoms with Crippen molar-refractivity contribution in [3.63, 3.8) is 0 Å². The van der Waals surface area contributed by atoms with Gasteiger partial charge in [0.05, 0.1) is 11.4 Å². The molecule has 0 radical (unpaired) electrons. The predicted octanol–water partition coefficient (Wildman–Crippen LogP) is 9.77. The Bertz CT molecular complexity index is 1190. The van der Waals surface area contributed by atoms with Crippen molar-refractivity contribution < 1.29 is 10.2 Å². The number of rotatable bonds is 4. The molecule has 0 bridgehead atoms. The van der Waals surface area contributed by atoms with Crippen molar-refractivity contribution in [1.29, 1.82) is 0 Å². The van der Waals surface area contributed by atoms with Gasteiger partial charge in [-0.1, -0.05) is 95.2 Å². The van der Waals surface area contributed by atoms with Crippen LogP contribution in [-0.2, 0) is 21.7 Å². The van der Waals surface area contributed by atoms with Crippen LogP contribution in [0, 0.1) is 0 Å². The van der Waals surface area contributed by atoms with Crippen molar-refractivity contribution in [2.45, 2.75) is 105 Å². The lowest BCUT2D eigenvalue weighted by molar-refractivity contribution is 0.446. The Kier molecular flexibility index (Phi) is 7.64. The molecular weight excluding hydrogens is 468 g/mol. The highest BCUT2D eigenvalue weighted by atomic mass is 16.3. The van der Waals surface area contributed by atoms with E-state index < -0.39 is 0 Å². The van der Waals surface area contributed by atoms with E-state index in [9.17, 15) is 10.2 Å². The molecule has 38 heavy (non-hydrogen) atoms. The van der Waals surface area contributed by atoms with Gasteiger partial charge in [-0.15, -0.1) is 0 Å². The first kappa shape index (κ1) is 29.4. The van der Waals surface area contributed by atoms with Crippen LogP contribution in [0.5, 0.6) is 11.5 Å². The van der Waals surface area contributed by atoms with Gasteiger partial charge >= 0.3 is 0 Å². The standard InChI is InChI=1S/C34H48N2O2/c1-31(2,3)21-17-25(33(7,8)9)29(37)27(19-21)35-23-13-15-24(16-14-23)36-28-20-22(32(4,5)6)18-26(30(28)38)34(10,11)12/h13-20,35-38H,1-12H3. The Labute approximate surface area is 230 Å². The molecule has 0 atom stereocenters. The number of phenolic OH excluding ortho intramolecular Hbond substituents is 2. The highest BCUT2D eigenvalue weighted by molar-refractivity contribution is 5.74. The van der Waals surface area contributed by atoms with Gasteiger partial charge in [-0.05, 0) is 69.2 Å². The third kappa shape index (κ3) is 6.64. The van der Waals surface area contributed by atoms with Crippen LogP contribution >= 0.6 is 0 Å². The maximum absolute atomic E-state index is 11.1. The van der Waals surface area contributed by atoms with Crippen molar-refractivity contribution in [2.75, 3.05) is 10.6 Å². The first-order chi connectivity index (χ1) is 17.2. The zero-order valence-electron chi connectivity index (χ0n) is 25.5. The summed E-state index contributed by atoms with van der Waals surface area (Å²) in [7, 11) is 0. The number of aromatic hydroxyl groups is 2. The van der Waals surface area contributed by atoms with Crippen LogP contribution < -0.4 is 10.6 Å². The second kappa shape index (κ2) is 9.87. The predicted molar refractivity (Wildman–Crippen MR) is 164 cm³/mol. The van der Waals surface area contributed by atoms with Crippen molar-refractivity contribution in [1.82, 2.24) is 0 Å². The van der Waals surface area contributed by atoms with Crippen molar-refractivity contribution >= 4 is 22.7 Å². The highest BCUT2D eigenvalue weighted by Gasteiger charge is 2.26. The molecule has 0 spiro atoms. The minimum Gasteiger partial charge on any atom is -0.505 e. The lowest BCUT2D eigenvalue weighted by Gasteiger charge is -2.28. The zero-order valence-corrected chi connectivity index (χ0v) is 25.5. The monoisotopic (exact) mass is 516 g/mol. The smallest absolute Gasteiger partial charge is 0.142 e. The van der Waals surface area contributed by atoms with Gasteiger partial charge in [0, 0.05) is 22.5 Å². The first-order valence-electron chi connectivity index (χ1n) is 13.6. The lowest BCUT2D eigenvalue weighted by atomic mass is 9.79. The van der Waals surface area contributed by atoms with Gasteiger partial charge in [0.25, 0.3) is 0 Å². The summed E-state index contributed by atoms with van der Waals surface area (Å²) in [4.78, 5) is 0. The molecule has 0 fully saturated rings. The number of hydrogen-bond donors (Lipinski definition) is 4. The van der Waals surface area contributed by atoms with E-state index in [1.165, 1.54) is 11.1 Å². The molecule has 3 rings (SSSR count). The van der Waals surface area contributed by atoms with E-state index in [2.05, 4.69) is 106 Å². The molecular formula is C34H48N2O2. The molecule has 0 aliphatic carbocycles. The zero-order chi connectivity index (χ0) is 28.8. The summed E-state index contributed by atoms with van der Waals surface area (Å²) >= 11 is 0. The minimum absolute atomic E-state index is 0.0482. The maximum Gasteiger partial charge on any atom is 0.142 e. The molecule has 0 aliphatic heterocycles. The summed E-state index contributed by atoms with van der Waals surface area (Å²) in [6, 6.07) is 16.3. The van der Waals surface area contributed by atoms with Crippen molar-refractivity contribution in [3.05, 3.63) is 70.8 Å². The Morgan fingerprint density at radius 1 is 0.447 bits per heavy atom. The van der Waals surface area contributed by atoms with Crippen LogP contribution in [-0.4, -0.2) is 10.2 Å².